The molecule has 3 unspecified atom stereocenters. The number of halogens is 6. The van der Waals surface area contributed by atoms with E-state index in [2.05, 4.69) is 10.6 Å². The third kappa shape index (κ3) is 7.46. The molecule has 3 aliphatic heterocycles. The zero-order valence-electron chi connectivity index (χ0n) is 24.8. The standard InChI is InChI=1S/C31H35F6N5O3/c1-19-6-3-4-7-24(19)27-16-28(41-9-5-8-40(10-11-41)20(2)43)45-29-25(17-38-18-39-29)26(42(27)44)14-21-12-22(30(32,33)34)15-23(13-21)31(35,36)37/h3-4,6-7,12-13,15-16,26,28,38-39,42H,5,8-11,14,17-18H2,1-2H3/b27-16-. The molecular formula is C31H35F6N5O3. The first kappa shape index (κ1) is 32.8. The van der Waals surface area contributed by atoms with Gasteiger partial charge in [0.15, 0.2) is 12.1 Å². The second kappa shape index (κ2) is 13.0. The van der Waals surface area contributed by atoms with E-state index < -0.39 is 47.2 Å². The van der Waals surface area contributed by atoms with Crippen molar-refractivity contribution >= 4 is 11.6 Å². The minimum Gasteiger partial charge on any atom is -0.628 e. The van der Waals surface area contributed by atoms with Crippen LogP contribution in [-0.4, -0.2) is 67.4 Å². The summed E-state index contributed by atoms with van der Waals surface area (Å²) in [6, 6.07) is 7.43. The number of aryl methyl sites for hydroxylation is 1. The number of carbonyl (C=O) groups excluding carboxylic acids is 1. The molecule has 2 aromatic rings. The molecule has 0 radical (unpaired) electrons. The monoisotopic (exact) mass is 639 g/mol. The molecule has 3 atom stereocenters. The number of hydroxylamine groups is 2. The molecule has 3 aliphatic rings. The van der Waals surface area contributed by atoms with Crippen molar-refractivity contribution in [3.8, 4) is 0 Å². The van der Waals surface area contributed by atoms with E-state index in [1.807, 2.05) is 17.9 Å². The van der Waals surface area contributed by atoms with Crippen molar-refractivity contribution in [3.63, 3.8) is 0 Å². The number of benzene rings is 2. The molecule has 0 saturated carbocycles. The number of alkyl halides is 6. The average Bonchev–Trinajstić information content (AvgIpc) is 3.24. The topological polar surface area (TPSA) is 84.3 Å². The summed E-state index contributed by atoms with van der Waals surface area (Å²) in [4.78, 5) is 15.8. The Bertz CT molecular complexity index is 1440. The van der Waals surface area contributed by atoms with Crippen LogP contribution >= 0.6 is 0 Å². The highest BCUT2D eigenvalue weighted by molar-refractivity contribution is 5.73. The molecule has 0 spiro atoms. The summed E-state index contributed by atoms with van der Waals surface area (Å²) in [6.45, 7) is 5.80. The highest BCUT2D eigenvalue weighted by Crippen LogP contribution is 2.37. The number of rotatable bonds is 4. The number of carbonyl (C=O) groups is 1. The smallest absolute Gasteiger partial charge is 0.416 e. The molecule has 14 heteroatoms. The molecular weight excluding hydrogens is 604 g/mol. The van der Waals surface area contributed by atoms with Gasteiger partial charge in [-0.05, 0) is 48.7 Å². The average molecular weight is 640 g/mol. The molecule has 0 aromatic heterocycles. The Balaban J connectivity index is 1.61. The Hall–Kier alpha value is -3.59. The van der Waals surface area contributed by atoms with Gasteiger partial charge in [-0.25, -0.2) is 0 Å². The maximum absolute atomic E-state index is 14.6. The molecule has 3 heterocycles. The number of nitrogens with zero attached hydrogens (tertiary/aromatic N) is 2. The number of quaternary nitrogens is 1. The third-order valence-electron chi connectivity index (χ3n) is 8.39. The van der Waals surface area contributed by atoms with Crippen molar-refractivity contribution in [2.75, 3.05) is 39.4 Å². The van der Waals surface area contributed by atoms with Crippen molar-refractivity contribution in [2.45, 2.75) is 51.3 Å². The first-order chi connectivity index (χ1) is 21.2. The van der Waals surface area contributed by atoms with Crippen molar-refractivity contribution in [2.24, 2.45) is 0 Å². The van der Waals surface area contributed by atoms with Gasteiger partial charge in [0.1, 0.15) is 11.7 Å². The van der Waals surface area contributed by atoms with Gasteiger partial charge in [-0.2, -0.15) is 26.3 Å². The predicted octanol–water partition coefficient (Wildman–Crippen LogP) is 3.64. The molecule has 1 fully saturated rings. The zero-order valence-corrected chi connectivity index (χ0v) is 24.8. The van der Waals surface area contributed by atoms with E-state index in [4.69, 9.17) is 4.74 Å². The van der Waals surface area contributed by atoms with Crippen molar-refractivity contribution in [3.05, 3.63) is 93.0 Å². The van der Waals surface area contributed by atoms with Crippen LogP contribution in [-0.2, 0) is 28.3 Å². The fourth-order valence-electron chi connectivity index (χ4n) is 6.03. The number of ether oxygens (including phenoxy) is 1. The van der Waals surface area contributed by atoms with Crippen LogP contribution in [0, 0.1) is 12.1 Å². The van der Waals surface area contributed by atoms with Gasteiger partial charge in [-0.15, -0.1) is 0 Å². The van der Waals surface area contributed by atoms with E-state index in [0.29, 0.717) is 55.9 Å². The molecule has 2 aromatic carbocycles. The van der Waals surface area contributed by atoms with Gasteiger partial charge in [-0.3, -0.25) is 15.0 Å². The lowest BCUT2D eigenvalue weighted by Crippen LogP contribution is -3.09. The first-order valence-electron chi connectivity index (χ1n) is 14.7. The van der Waals surface area contributed by atoms with Gasteiger partial charge in [0.2, 0.25) is 5.91 Å². The minimum atomic E-state index is -5.02. The lowest BCUT2D eigenvalue weighted by Gasteiger charge is -2.41. The van der Waals surface area contributed by atoms with Crippen LogP contribution in [0.3, 0.4) is 0 Å². The Labute approximate surface area is 256 Å². The summed E-state index contributed by atoms with van der Waals surface area (Å²) in [6.07, 6.45) is -8.84. The molecule has 0 bridgehead atoms. The lowest BCUT2D eigenvalue weighted by atomic mass is 9.93. The summed E-state index contributed by atoms with van der Waals surface area (Å²) in [5.41, 5.74) is -1.13. The van der Waals surface area contributed by atoms with Crippen LogP contribution in [0.4, 0.5) is 26.3 Å². The van der Waals surface area contributed by atoms with E-state index in [0.717, 1.165) is 5.56 Å². The van der Waals surface area contributed by atoms with Crippen LogP contribution < -0.4 is 15.7 Å². The maximum Gasteiger partial charge on any atom is 0.416 e. The molecule has 8 nitrogen and oxygen atoms in total. The number of nitrogens with one attached hydrogen (secondary N) is 3. The van der Waals surface area contributed by atoms with Crippen LogP contribution in [0.15, 0.2) is 60.0 Å². The SMILES string of the molecule is CC(=O)N1CCCN(C2/C=C(/c3ccccc3C)[NH+]([O-])C(Cc3cc(C(F)(F)F)cc(C(F)(F)F)c3)C3=C(NCNC3)O2)CC1. The second-order valence-electron chi connectivity index (χ2n) is 11.5. The molecule has 3 N–H and O–H groups in total. The van der Waals surface area contributed by atoms with Crippen LogP contribution in [0.1, 0.15) is 41.2 Å². The Morgan fingerprint density at radius 2 is 1.71 bits per heavy atom. The van der Waals surface area contributed by atoms with E-state index in [-0.39, 0.29) is 42.3 Å². The second-order valence-corrected chi connectivity index (χ2v) is 11.5. The maximum atomic E-state index is 14.6. The van der Waals surface area contributed by atoms with E-state index in [9.17, 15) is 36.3 Å². The van der Waals surface area contributed by atoms with Gasteiger partial charge in [-0.1, -0.05) is 18.2 Å². The summed E-state index contributed by atoms with van der Waals surface area (Å²) in [7, 11) is 0. The summed E-state index contributed by atoms with van der Waals surface area (Å²) in [5.74, 6) is 0.214. The van der Waals surface area contributed by atoms with Crippen molar-refractivity contribution in [1.29, 1.82) is 0 Å². The van der Waals surface area contributed by atoms with E-state index in [1.54, 1.807) is 29.2 Å². The molecule has 1 saturated heterocycles. The van der Waals surface area contributed by atoms with Gasteiger partial charge in [0, 0.05) is 57.7 Å². The minimum absolute atomic E-state index is 0.0436. The predicted molar refractivity (Wildman–Crippen MR) is 154 cm³/mol. The van der Waals surface area contributed by atoms with Crippen LogP contribution in [0.2, 0.25) is 0 Å². The van der Waals surface area contributed by atoms with Crippen molar-refractivity contribution in [1.82, 2.24) is 20.4 Å². The Morgan fingerprint density at radius 1 is 1.02 bits per heavy atom. The number of hydrogen-bond acceptors (Lipinski definition) is 6. The van der Waals surface area contributed by atoms with Gasteiger partial charge < -0.3 is 25.2 Å². The van der Waals surface area contributed by atoms with Crippen molar-refractivity contribution < 1.29 is 40.9 Å². The summed E-state index contributed by atoms with van der Waals surface area (Å²) < 4.78 is 88.7. The highest BCUT2D eigenvalue weighted by atomic mass is 19.4. The van der Waals surface area contributed by atoms with Gasteiger partial charge >= 0.3 is 12.4 Å². The summed E-state index contributed by atoms with van der Waals surface area (Å²) in [5, 5.41) is 20.3. The van der Waals surface area contributed by atoms with Crippen LogP contribution in [0.25, 0.3) is 5.70 Å². The number of hydrogen-bond donors (Lipinski definition) is 3. The zero-order chi connectivity index (χ0) is 32.5. The highest BCUT2D eigenvalue weighted by Gasteiger charge is 2.40. The van der Waals surface area contributed by atoms with Crippen LogP contribution in [0.5, 0.6) is 0 Å². The lowest BCUT2D eigenvalue weighted by molar-refractivity contribution is -0.793. The van der Waals surface area contributed by atoms with Gasteiger partial charge in [0.05, 0.1) is 23.4 Å². The quantitative estimate of drug-likeness (QED) is 0.350. The Kier molecular flexibility index (Phi) is 9.49. The fraction of sp³-hybridized carbons (Fsp3) is 0.452. The van der Waals surface area contributed by atoms with Gasteiger partial charge in [0.25, 0.3) is 0 Å². The summed E-state index contributed by atoms with van der Waals surface area (Å²) >= 11 is 0. The fourth-order valence-corrected chi connectivity index (χ4v) is 6.03. The van der Waals surface area contributed by atoms with E-state index in [1.165, 1.54) is 6.92 Å². The largest absolute Gasteiger partial charge is 0.628 e. The molecule has 5 rings (SSSR count). The van der Waals surface area contributed by atoms with E-state index >= 15 is 0 Å². The Morgan fingerprint density at radius 3 is 2.36 bits per heavy atom. The molecule has 244 valence electrons. The first-order valence-corrected chi connectivity index (χ1v) is 14.7. The molecule has 0 aliphatic carbocycles. The normalized spacial score (nSPS) is 24.8. The third-order valence-corrected chi connectivity index (χ3v) is 8.39. The molecule has 1 amide bonds. The molecule has 45 heavy (non-hydrogen) atoms. The number of amides is 1.